The van der Waals surface area contributed by atoms with Crippen LogP contribution in [0, 0.1) is 5.41 Å². The molecule has 0 bridgehead atoms. The largest absolute Gasteiger partial charge is 0.468 e. The van der Waals surface area contributed by atoms with Crippen molar-refractivity contribution in [1.29, 1.82) is 5.41 Å². The summed E-state index contributed by atoms with van der Waals surface area (Å²) in [6.45, 7) is 12.0. The van der Waals surface area contributed by atoms with Gasteiger partial charge in [-0.15, -0.1) is 0 Å². The molecule has 0 radical (unpaired) electrons. The minimum Gasteiger partial charge on any atom is -0.468 e. The van der Waals surface area contributed by atoms with Gasteiger partial charge < -0.3 is 24.0 Å². The number of amides is 2. The van der Waals surface area contributed by atoms with Crippen molar-refractivity contribution in [3.63, 3.8) is 0 Å². The summed E-state index contributed by atoms with van der Waals surface area (Å²) in [6.07, 6.45) is -0.479. The van der Waals surface area contributed by atoms with E-state index >= 15 is 0 Å². The number of guanidine groups is 1. The highest BCUT2D eigenvalue weighted by Gasteiger charge is 2.43. The summed E-state index contributed by atoms with van der Waals surface area (Å²) in [5, 5.41) is 10.7. The number of hydrogen-bond acceptors (Lipinski definition) is 10. The first-order valence-electron chi connectivity index (χ1n) is 12.5. The molecule has 204 valence electrons. The Hall–Kier alpha value is -2.64. The molecule has 2 unspecified atom stereocenters. The van der Waals surface area contributed by atoms with Crippen molar-refractivity contribution in [1.82, 2.24) is 29.8 Å². The number of alkyl carbamates (subject to hydrolysis) is 1. The van der Waals surface area contributed by atoms with Crippen LogP contribution in [0.1, 0.15) is 27.2 Å². The van der Waals surface area contributed by atoms with E-state index in [1.54, 1.807) is 32.7 Å². The minimum atomic E-state index is -0.624. The van der Waals surface area contributed by atoms with Crippen molar-refractivity contribution >= 4 is 24.1 Å². The molecule has 0 aliphatic carbocycles. The lowest BCUT2D eigenvalue weighted by Crippen LogP contribution is -2.56. The lowest BCUT2D eigenvalue weighted by atomic mass is 10.1. The third-order valence-corrected chi connectivity index (χ3v) is 6.73. The number of nitrogens with one attached hydrogen (secondary N) is 2. The van der Waals surface area contributed by atoms with Gasteiger partial charge in [0.25, 0.3) is 0 Å². The van der Waals surface area contributed by atoms with Gasteiger partial charge in [-0.3, -0.25) is 30.2 Å². The normalized spacial score (nSPS) is 24.4. The Kier molecular flexibility index (Phi) is 9.36. The number of likely N-dealkylation sites (N-methyl/N-ethyl adjacent to an activating group) is 1. The molecule has 13 heteroatoms. The zero-order chi connectivity index (χ0) is 26.5. The lowest BCUT2D eigenvalue weighted by Gasteiger charge is -2.39. The van der Waals surface area contributed by atoms with Gasteiger partial charge in [0.05, 0.1) is 19.7 Å². The maximum absolute atomic E-state index is 12.3. The van der Waals surface area contributed by atoms with E-state index in [2.05, 4.69) is 15.1 Å². The summed E-state index contributed by atoms with van der Waals surface area (Å²) < 4.78 is 15.7. The topological polar surface area (TPSA) is 131 Å². The molecule has 0 aromatic rings. The Morgan fingerprint density at radius 1 is 1.06 bits per heavy atom. The van der Waals surface area contributed by atoms with Gasteiger partial charge in [0.15, 0.2) is 6.23 Å². The molecule has 36 heavy (non-hydrogen) atoms. The molecular formula is C23H41N7O6. The van der Waals surface area contributed by atoms with Crippen LogP contribution in [0.25, 0.3) is 0 Å². The number of carbonyl (C=O) groups is 3. The molecule has 3 aliphatic rings. The highest BCUT2D eigenvalue weighted by molar-refractivity contribution is 5.92. The zero-order valence-corrected chi connectivity index (χ0v) is 22.1. The van der Waals surface area contributed by atoms with Crippen molar-refractivity contribution in [2.24, 2.45) is 0 Å². The number of piperazine rings is 2. The summed E-state index contributed by atoms with van der Waals surface area (Å²) in [5.74, 6) is -0.200. The second-order valence-electron chi connectivity index (χ2n) is 10.4. The Bertz CT molecular complexity index is 803. The van der Waals surface area contributed by atoms with Gasteiger partial charge in [-0.05, 0) is 27.2 Å². The second-order valence-corrected chi connectivity index (χ2v) is 10.4. The quantitative estimate of drug-likeness (QED) is 0.218. The number of esters is 1. The molecule has 13 nitrogen and oxygen atoms in total. The molecule has 3 heterocycles. The number of hydrogen-bond donors (Lipinski definition) is 2. The molecular weight excluding hydrogens is 470 g/mol. The fourth-order valence-corrected chi connectivity index (χ4v) is 4.66. The van der Waals surface area contributed by atoms with Crippen molar-refractivity contribution in [3.8, 4) is 0 Å². The fourth-order valence-electron chi connectivity index (χ4n) is 4.66. The molecule has 2 atom stereocenters. The molecule has 3 rings (SSSR count). The molecule has 0 aromatic carbocycles. The van der Waals surface area contributed by atoms with Crippen LogP contribution in [0.4, 0.5) is 9.59 Å². The average Bonchev–Trinajstić information content (AvgIpc) is 3.10. The van der Waals surface area contributed by atoms with Crippen LogP contribution in [0.2, 0.25) is 0 Å². The van der Waals surface area contributed by atoms with Gasteiger partial charge in [-0.2, -0.15) is 0 Å². The van der Waals surface area contributed by atoms with Gasteiger partial charge in [-0.25, -0.2) is 9.59 Å². The van der Waals surface area contributed by atoms with Crippen molar-refractivity contribution in [3.05, 3.63) is 0 Å². The molecule has 3 fully saturated rings. The smallest absolute Gasteiger partial charge is 0.414 e. The Labute approximate surface area is 213 Å². The third kappa shape index (κ3) is 7.68. The number of rotatable bonds is 6. The minimum absolute atomic E-state index is 0.0461. The predicted molar refractivity (Wildman–Crippen MR) is 132 cm³/mol. The Morgan fingerprint density at radius 2 is 1.67 bits per heavy atom. The van der Waals surface area contributed by atoms with E-state index in [-0.39, 0.29) is 36.8 Å². The van der Waals surface area contributed by atoms with Crippen LogP contribution >= 0.6 is 0 Å². The molecule has 0 spiro atoms. The number of cyclic esters (lactones) is 1. The van der Waals surface area contributed by atoms with E-state index in [4.69, 9.17) is 19.6 Å². The molecule has 2 amide bonds. The predicted octanol–water partition coefficient (Wildman–Crippen LogP) is 0.0209. The van der Waals surface area contributed by atoms with E-state index in [0.29, 0.717) is 39.3 Å². The van der Waals surface area contributed by atoms with Crippen LogP contribution < -0.4 is 5.32 Å². The van der Waals surface area contributed by atoms with Gasteiger partial charge in [0.1, 0.15) is 5.60 Å². The van der Waals surface area contributed by atoms with Crippen LogP contribution in [0.3, 0.4) is 0 Å². The molecule has 2 N–H and O–H groups in total. The highest BCUT2D eigenvalue weighted by atomic mass is 16.6. The van der Waals surface area contributed by atoms with Crippen molar-refractivity contribution in [2.45, 2.75) is 45.1 Å². The van der Waals surface area contributed by atoms with Gasteiger partial charge in [0.2, 0.25) is 5.96 Å². The van der Waals surface area contributed by atoms with E-state index in [9.17, 15) is 14.4 Å². The summed E-state index contributed by atoms with van der Waals surface area (Å²) >= 11 is 0. The van der Waals surface area contributed by atoms with Crippen LogP contribution in [-0.2, 0) is 19.0 Å². The van der Waals surface area contributed by atoms with Gasteiger partial charge >= 0.3 is 18.2 Å². The highest BCUT2D eigenvalue weighted by Crippen LogP contribution is 2.25. The van der Waals surface area contributed by atoms with Crippen LogP contribution in [-0.4, -0.2) is 146 Å². The molecule has 3 aliphatic heterocycles. The SMILES string of the molecule is COC(=O)CN1CCN(C2OC(=O)N(C)C2CCN2CCN(C(=N)NC(=O)OC(C)(C)C)CC2)CC1. The lowest BCUT2D eigenvalue weighted by molar-refractivity contribution is -0.142. The summed E-state index contributed by atoms with van der Waals surface area (Å²) in [5.41, 5.74) is -0.615. The molecule has 0 saturated carbocycles. The number of carbonyl (C=O) groups excluding carboxylic acids is 3. The maximum atomic E-state index is 12.3. The maximum Gasteiger partial charge on any atom is 0.414 e. The van der Waals surface area contributed by atoms with Gasteiger partial charge in [0, 0.05) is 66.0 Å². The van der Waals surface area contributed by atoms with E-state index < -0.39 is 11.7 Å². The monoisotopic (exact) mass is 511 g/mol. The van der Waals surface area contributed by atoms with E-state index in [1.165, 1.54) is 7.11 Å². The van der Waals surface area contributed by atoms with Gasteiger partial charge in [-0.1, -0.05) is 0 Å². The summed E-state index contributed by atoms with van der Waals surface area (Å²) in [4.78, 5) is 45.9. The molecule has 0 aromatic heterocycles. The number of methoxy groups -OCH3 is 1. The van der Waals surface area contributed by atoms with Crippen molar-refractivity contribution in [2.75, 3.05) is 79.6 Å². The Balaban J connectivity index is 1.43. The first-order chi connectivity index (χ1) is 17.0. The average molecular weight is 512 g/mol. The standard InChI is InChI=1S/C23H41N7O6/c1-23(2,3)36-21(32)25-20(24)30-14-8-27(9-15-30)7-6-17-19(35-22(33)26(17)4)29-12-10-28(11-13-29)16-18(31)34-5/h17,19H,6-16H2,1-5H3,(H2,24,25,32). The summed E-state index contributed by atoms with van der Waals surface area (Å²) in [7, 11) is 3.17. The van der Waals surface area contributed by atoms with E-state index in [0.717, 1.165) is 26.1 Å². The second kappa shape index (κ2) is 12.1. The zero-order valence-electron chi connectivity index (χ0n) is 22.1. The number of ether oxygens (including phenoxy) is 3. The first kappa shape index (κ1) is 27.9. The van der Waals surface area contributed by atoms with Crippen LogP contribution in [0.5, 0.6) is 0 Å². The fraction of sp³-hybridized carbons (Fsp3) is 0.826. The number of nitrogens with zero attached hydrogens (tertiary/aromatic N) is 5. The third-order valence-electron chi connectivity index (χ3n) is 6.73. The van der Waals surface area contributed by atoms with Crippen LogP contribution in [0.15, 0.2) is 0 Å². The molecule has 3 saturated heterocycles. The first-order valence-corrected chi connectivity index (χ1v) is 12.5. The summed E-state index contributed by atoms with van der Waals surface area (Å²) in [6, 6.07) is -0.0604. The Morgan fingerprint density at radius 3 is 2.25 bits per heavy atom. The van der Waals surface area contributed by atoms with E-state index in [1.807, 2.05) is 9.80 Å². The van der Waals surface area contributed by atoms with Crippen molar-refractivity contribution < 1.29 is 28.6 Å².